The van der Waals surface area contributed by atoms with Crippen molar-refractivity contribution in [2.24, 2.45) is 10.7 Å². The Labute approximate surface area is 60.3 Å². The maximum absolute atomic E-state index is 7.16. The van der Waals surface area contributed by atoms with Gasteiger partial charge in [0.05, 0.1) is 0 Å². The monoisotopic (exact) mass is 140 g/mol. The molecule has 0 saturated carbocycles. The minimum Gasteiger partial charge on any atom is -0.370 e. The van der Waals surface area contributed by atoms with Crippen LogP contribution in [-0.2, 0) is 0 Å². The number of guanidine groups is 1. The largest absolute Gasteiger partial charge is 0.370 e. The molecule has 0 radical (unpaired) electrons. The number of nitrogens with zero attached hydrogens (tertiary/aromatic N) is 1. The average Bonchev–Trinajstić information content (AvgIpc) is 1.88. The van der Waals surface area contributed by atoms with Crippen LogP contribution in [0.2, 0.25) is 0 Å². The highest BCUT2D eigenvalue weighted by Crippen LogP contribution is 1.71. The van der Waals surface area contributed by atoms with Gasteiger partial charge in [0, 0.05) is 7.05 Å². The molecule has 4 heteroatoms. The maximum atomic E-state index is 7.16. The van der Waals surface area contributed by atoms with Crippen LogP contribution in [0.15, 0.2) is 17.1 Å². The van der Waals surface area contributed by atoms with Crippen LogP contribution < -0.4 is 11.1 Å². The summed E-state index contributed by atoms with van der Waals surface area (Å²) >= 11 is 0. The fourth-order valence-corrected chi connectivity index (χ4v) is 0.402. The summed E-state index contributed by atoms with van der Waals surface area (Å²) in [5.41, 5.74) is 5.27. The second-order valence-electron chi connectivity index (χ2n) is 1.65. The molecule has 0 fully saturated rings. The van der Waals surface area contributed by atoms with Crippen molar-refractivity contribution in [2.75, 3.05) is 7.05 Å². The number of nitrogens with two attached hydrogens (primary N) is 1. The summed E-state index contributed by atoms with van der Waals surface area (Å²) in [5.74, 6) is 0.494. The van der Waals surface area contributed by atoms with Gasteiger partial charge in [-0.05, 0) is 13.0 Å². The van der Waals surface area contributed by atoms with Gasteiger partial charge >= 0.3 is 0 Å². The molecule has 0 aromatic rings. The van der Waals surface area contributed by atoms with E-state index >= 15 is 0 Å². The van der Waals surface area contributed by atoms with Gasteiger partial charge in [0.25, 0.3) is 0 Å². The number of nitrogens with one attached hydrogen (secondary N) is 2. The Hall–Kier alpha value is -1.32. The first-order valence-electron chi connectivity index (χ1n) is 2.91. The van der Waals surface area contributed by atoms with E-state index in [1.807, 2.05) is 6.92 Å². The third kappa shape index (κ3) is 3.65. The molecule has 10 heavy (non-hydrogen) atoms. The number of hydrogen-bond donors (Lipinski definition) is 3. The van der Waals surface area contributed by atoms with Gasteiger partial charge in [-0.15, -0.1) is 0 Å². The van der Waals surface area contributed by atoms with Gasteiger partial charge in [-0.3, -0.25) is 10.4 Å². The fraction of sp³-hybridized carbons (Fsp3) is 0.333. The van der Waals surface area contributed by atoms with Gasteiger partial charge in [0.2, 0.25) is 0 Å². The van der Waals surface area contributed by atoms with E-state index in [-0.39, 0.29) is 11.8 Å². The molecule has 0 aromatic carbocycles. The Morgan fingerprint density at radius 3 is 2.70 bits per heavy atom. The number of hydrogen-bond acceptors (Lipinski definition) is 2. The predicted molar refractivity (Wildman–Crippen MR) is 43.2 cm³/mol. The Morgan fingerprint density at radius 1 is 1.70 bits per heavy atom. The normalized spacial score (nSPS) is 12.0. The van der Waals surface area contributed by atoms with E-state index < -0.39 is 0 Å². The van der Waals surface area contributed by atoms with Crippen molar-refractivity contribution in [2.45, 2.75) is 6.92 Å². The average molecular weight is 140 g/mol. The lowest BCUT2D eigenvalue weighted by molar-refractivity contribution is 1.22. The zero-order valence-electron chi connectivity index (χ0n) is 6.18. The van der Waals surface area contributed by atoms with E-state index in [0.29, 0.717) is 0 Å². The second-order valence-corrected chi connectivity index (χ2v) is 1.65. The van der Waals surface area contributed by atoms with Crippen LogP contribution in [0.5, 0.6) is 0 Å². The predicted octanol–water partition coefficient (Wildman–Crippen LogP) is 0.0739. The van der Waals surface area contributed by atoms with Gasteiger partial charge < -0.3 is 11.1 Å². The second kappa shape index (κ2) is 4.55. The molecule has 0 aliphatic rings. The number of amidine groups is 1. The molecule has 0 spiro atoms. The summed E-state index contributed by atoms with van der Waals surface area (Å²) in [4.78, 5) is 3.62. The van der Waals surface area contributed by atoms with Crippen LogP contribution >= 0.6 is 0 Å². The number of allylic oxidation sites excluding steroid dienone is 1. The molecule has 0 aliphatic heterocycles. The lowest BCUT2D eigenvalue weighted by Gasteiger charge is -1.99. The van der Waals surface area contributed by atoms with E-state index in [1.54, 1.807) is 19.2 Å². The Balaban J connectivity index is 3.80. The van der Waals surface area contributed by atoms with Crippen molar-refractivity contribution >= 4 is 11.8 Å². The molecule has 4 N–H and O–H groups in total. The molecule has 0 unspecified atom stereocenters. The minimum atomic E-state index is 0.241. The summed E-state index contributed by atoms with van der Waals surface area (Å²) in [6.07, 6.45) is 3.34. The van der Waals surface area contributed by atoms with Gasteiger partial charge in [0.15, 0.2) is 5.96 Å². The summed E-state index contributed by atoms with van der Waals surface area (Å²) in [7, 11) is 1.56. The highest BCUT2D eigenvalue weighted by Gasteiger charge is 1.89. The summed E-state index contributed by atoms with van der Waals surface area (Å²) in [6.45, 7) is 1.83. The van der Waals surface area contributed by atoms with Gasteiger partial charge in [-0.25, -0.2) is 0 Å². The molecule has 0 atom stereocenters. The highest BCUT2D eigenvalue weighted by molar-refractivity contribution is 6.02. The Bertz CT molecular complexity index is 169. The molecule has 0 amide bonds. The smallest absolute Gasteiger partial charge is 0.193 e. The molecule has 0 bridgehead atoms. The van der Waals surface area contributed by atoms with Crippen molar-refractivity contribution in [1.82, 2.24) is 5.32 Å². The zero-order valence-corrected chi connectivity index (χ0v) is 6.18. The van der Waals surface area contributed by atoms with Gasteiger partial charge in [-0.1, -0.05) is 6.08 Å². The maximum Gasteiger partial charge on any atom is 0.193 e. The van der Waals surface area contributed by atoms with Gasteiger partial charge in [0.1, 0.15) is 5.84 Å². The van der Waals surface area contributed by atoms with E-state index in [1.165, 1.54) is 0 Å². The molecule has 0 aromatic heterocycles. The minimum absolute atomic E-state index is 0.241. The third-order valence-electron chi connectivity index (χ3n) is 0.837. The first kappa shape index (κ1) is 8.68. The van der Waals surface area contributed by atoms with E-state index in [0.717, 1.165) is 0 Å². The van der Waals surface area contributed by atoms with E-state index in [4.69, 9.17) is 11.1 Å². The van der Waals surface area contributed by atoms with Crippen LogP contribution in [0.1, 0.15) is 6.92 Å². The zero-order chi connectivity index (χ0) is 7.98. The Morgan fingerprint density at radius 2 is 2.30 bits per heavy atom. The molecule has 56 valence electrons. The van der Waals surface area contributed by atoms with Crippen LogP contribution in [0.4, 0.5) is 0 Å². The van der Waals surface area contributed by atoms with Crippen molar-refractivity contribution in [3.8, 4) is 0 Å². The SMILES string of the molecule is C/C=C\C(=N)N/C(N)=N/C. The molecule has 0 aliphatic carbocycles. The molecule has 0 heterocycles. The van der Waals surface area contributed by atoms with Crippen molar-refractivity contribution in [3.63, 3.8) is 0 Å². The standard InChI is InChI=1S/C6H12N4/c1-3-4-5(7)10-6(8)9-2/h3-4H,1-2H3,(H4,7,8,9,10)/b4-3-. The highest BCUT2D eigenvalue weighted by atomic mass is 15.1. The molecule has 4 nitrogen and oxygen atoms in total. The van der Waals surface area contributed by atoms with Crippen molar-refractivity contribution in [3.05, 3.63) is 12.2 Å². The lowest BCUT2D eigenvalue weighted by Crippen LogP contribution is -2.35. The first-order chi connectivity index (χ1) is 4.70. The fourth-order valence-electron chi connectivity index (χ4n) is 0.402. The lowest BCUT2D eigenvalue weighted by atomic mass is 10.5. The van der Waals surface area contributed by atoms with Crippen LogP contribution in [0, 0.1) is 5.41 Å². The Kier molecular flexibility index (Phi) is 3.95. The summed E-state index contributed by atoms with van der Waals surface area (Å²) < 4.78 is 0. The van der Waals surface area contributed by atoms with Crippen LogP contribution in [0.25, 0.3) is 0 Å². The summed E-state index contributed by atoms with van der Waals surface area (Å²) in [6, 6.07) is 0. The van der Waals surface area contributed by atoms with Crippen LogP contribution in [0.3, 0.4) is 0 Å². The molecular formula is C6H12N4. The number of rotatable bonds is 1. The third-order valence-corrected chi connectivity index (χ3v) is 0.837. The quantitative estimate of drug-likeness (QED) is 0.356. The number of aliphatic imine (C=N–C) groups is 1. The van der Waals surface area contributed by atoms with E-state index in [9.17, 15) is 0 Å². The van der Waals surface area contributed by atoms with Gasteiger partial charge in [-0.2, -0.15) is 0 Å². The molecule has 0 rings (SSSR count). The first-order valence-corrected chi connectivity index (χ1v) is 2.91. The molecular weight excluding hydrogens is 128 g/mol. The summed E-state index contributed by atoms with van der Waals surface area (Å²) in [5, 5.41) is 9.72. The molecule has 0 saturated heterocycles. The van der Waals surface area contributed by atoms with Crippen molar-refractivity contribution < 1.29 is 0 Å². The van der Waals surface area contributed by atoms with E-state index in [2.05, 4.69) is 10.3 Å². The van der Waals surface area contributed by atoms with Crippen molar-refractivity contribution in [1.29, 1.82) is 5.41 Å². The van der Waals surface area contributed by atoms with Crippen LogP contribution in [-0.4, -0.2) is 18.8 Å². The topological polar surface area (TPSA) is 74.3 Å².